The number of pyridine rings is 2. The molecule has 1 saturated carbocycles. The molecule has 0 radical (unpaired) electrons. The van der Waals surface area contributed by atoms with Crippen molar-refractivity contribution in [1.82, 2.24) is 15.3 Å². The molecule has 2 fully saturated rings. The molecule has 1 aliphatic carbocycles. The molecule has 2 N–H and O–H groups in total. The fourth-order valence-corrected chi connectivity index (χ4v) is 6.27. The Hall–Kier alpha value is -3.31. The molecule has 3 atom stereocenters. The van der Waals surface area contributed by atoms with Crippen molar-refractivity contribution in [3.05, 3.63) is 36.2 Å². The second-order valence-corrected chi connectivity index (χ2v) is 10.7. The lowest BCUT2D eigenvalue weighted by Crippen LogP contribution is -2.46. The predicted molar refractivity (Wildman–Crippen MR) is 142 cm³/mol. The zero-order valence-corrected chi connectivity index (χ0v) is 21.5. The quantitative estimate of drug-likeness (QED) is 0.530. The Morgan fingerprint density at radius 1 is 1.30 bits per heavy atom. The van der Waals surface area contributed by atoms with Crippen LogP contribution < -0.4 is 25.2 Å². The van der Waals surface area contributed by atoms with Crippen LogP contribution in [0.2, 0.25) is 0 Å². The molecule has 37 heavy (non-hydrogen) atoms. The Morgan fingerprint density at radius 2 is 2.22 bits per heavy atom. The first kappa shape index (κ1) is 24.1. The number of hydrogen-bond donors (Lipinski definition) is 2. The van der Waals surface area contributed by atoms with Gasteiger partial charge in [-0.15, -0.1) is 11.8 Å². The molecule has 0 unspecified atom stereocenters. The van der Waals surface area contributed by atoms with Gasteiger partial charge in [0.05, 0.1) is 41.4 Å². The second kappa shape index (κ2) is 10.2. The van der Waals surface area contributed by atoms with Gasteiger partial charge in [0, 0.05) is 31.6 Å². The lowest BCUT2D eigenvalue weighted by molar-refractivity contribution is -0.113. The molecule has 0 aromatic carbocycles. The number of thioether (sulfide) groups is 1. The maximum absolute atomic E-state index is 12.8. The Bertz CT molecular complexity index is 1240. The maximum Gasteiger partial charge on any atom is 0.416 e. The van der Waals surface area contributed by atoms with E-state index in [1.165, 1.54) is 11.8 Å². The zero-order chi connectivity index (χ0) is 25.4. The Kier molecular flexibility index (Phi) is 6.64. The largest absolute Gasteiger partial charge is 0.495 e. The lowest BCUT2D eigenvalue weighted by atomic mass is 9.88. The normalized spacial score (nSPS) is 24.2. The number of methoxy groups -OCH3 is 1. The molecule has 0 spiro atoms. The molecule has 2 amide bonds. The first-order valence-electron chi connectivity index (χ1n) is 12.7. The van der Waals surface area contributed by atoms with Crippen LogP contribution in [0.3, 0.4) is 0 Å². The summed E-state index contributed by atoms with van der Waals surface area (Å²) in [5.41, 5.74) is 2.08. The number of nitrogens with one attached hydrogen (secondary N) is 2. The van der Waals surface area contributed by atoms with E-state index in [0.717, 1.165) is 67.3 Å². The third-order valence-corrected chi connectivity index (χ3v) is 8.38. The number of hydrogen-bond acceptors (Lipinski definition) is 9. The number of ether oxygens (including phenoxy) is 2. The van der Waals surface area contributed by atoms with Crippen molar-refractivity contribution >= 4 is 47.2 Å². The summed E-state index contributed by atoms with van der Waals surface area (Å²) in [5.74, 6) is 2.13. The molecule has 2 aromatic rings. The lowest BCUT2D eigenvalue weighted by Gasteiger charge is -2.33. The molecule has 0 bridgehead atoms. The molecular formula is C26H30N6O4S. The number of amides is 2. The van der Waals surface area contributed by atoms with Crippen LogP contribution in [0.25, 0.3) is 6.08 Å². The van der Waals surface area contributed by atoms with Crippen LogP contribution in [0.4, 0.5) is 22.1 Å². The first-order valence-corrected chi connectivity index (χ1v) is 13.7. The maximum atomic E-state index is 12.8. The monoisotopic (exact) mass is 522 g/mol. The van der Waals surface area contributed by atoms with E-state index in [-0.39, 0.29) is 24.1 Å². The van der Waals surface area contributed by atoms with Gasteiger partial charge < -0.3 is 25.0 Å². The number of aromatic nitrogens is 2. The number of fused-ring (bicyclic) bond motifs is 3. The van der Waals surface area contributed by atoms with Crippen LogP contribution >= 0.6 is 11.8 Å². The number of rotatable bonds is 7. The molecule has 11 heteroatoms. The topological polar surface area (TPSA) is 109 Å². The Balaban J connectivity index is 1.02. The minimum absolute atomic E-state index is 0.0397. The number of anilines is 3. The molecular weight excluding hydrogens is 492 g/mol. The van der Waals surface area contributed by atoms with Crippen LogP contribution in [0.15, 0.2) is 35.4 Å². The van der Waals surface area contributed by atoms with Gasteiger partial charge in [-0.25, -0.2) is 9.78 Å². The summed E-state index contributed by atoms with van der Waals surface area (Å²) >= 11 is 1.46. The van der Waals surface area contributed by atoms with Crippen molar-refractivity contribution in [2.24, 2.45) is 0 Å². The summed E-state index contributed by atoms with van der Waals surface area (Å²) in [4.78, 5) is 38.5. The average molecular weight is 523 g/mol. The van der Waals surface area contributed by atoms with Crippen molar-refractivity contribution < 1.29 is 19.1 Å². The van der Waals surface area contributed by atoms with E-state index in [1.54, 1.807) is 18.2 Å². The van der Waals surface area contributed by atoms with Crippen LogP contribution in [-0.4, -0.2) is 72.7 Å². The van der Waals surface area contributed by atoms with Gasteiger partial charge in [0.15, 0.2) is 0 Å². The standard InChI is InChI=1S/C26H30N6O4S/c1-35-17-13-20-18(28-14-17)4-2-10-31(20)11-3-9-27-16-5-6-19-21(12-16)36-26(34)32(19)23-8-7-22-25(29-23)30-24(33)15-37-22/h2,4,7-8,13-14,16,19,21,27H,3,5-6,9-12,15H2,1H3,(H,29,30,33)/t16-,19-,21-/m0/s1. The third-order valence-electron chi connectivity index (χ3n) is 7.33. The summed E-state index contributed by atoms with van der Waals surface area (Å²) in [6.07, 6.45) is 8.98. The summed E-state index contributed by atoms with van der Waals surface area (Å²) in [5, 5.41) is 6.48. The van der Waals surface area contributed by atoms with Crippen molar-refractivity contribution in [2.45, 2.75) is 48.8 Å². The predicted octanol–water partition coefficient (Wildman–Crippen LogP) is 3.29. The van der Waals surface area contributed by atoms with Crippen LogP contribution in [0.5, 0.6) is 5.75 Å². The minimum Gasteiger partial charge on any atom is -0.495 e. The van der Waals surface area contributed by atoms with Gasteiger partial charge in [-0.1, -0.05) is 6.08 Å². The molecule has 2 aromatic heterocycles. The third kappa shape index (κ3) is 4.85. The molecule has 194 valence electrons. The minimum atomic E-state index is -0.362. The van der Waals surface area contributed by atoms with E-state index in [4.69, 9.17) is 9.47 Å². The highest BCUT2D eigenvalue weighted by Gasteiger charge is 2.46. The highest BCUT2D eigenvalue weighted by molar-refractivity contribution is 8.00. The van der Waals surface area contributed by atoms with Crippen molar-refractivity contribution in [3.63, 3.8) is 0 Å². The van der Waals surface area contributed by atoms with Gasteiger partial charge in [-0.3, -0.25) is 14.7 Å². The van der Waals surface area contributed by atoms with E-state index >= 15 is 0 Å². The van der Waals surface area contributed by atoms with E-state index in [0.29, 0.717) is 23.4 Å². The fourth-order valence-electron chi connectivity index (χ4n) is 5.51. The van der Waals surface area contributed by atoms with Crippen molar-refractivity contribution in [1.29, 1.82) is 0 Å². The second-order valence-electron chi connectivity index (χ2n) is 9.66. The SMILES string of the molecule is COc1cnc2c(c1)N(CCCN[C@H]1CC[C@H]3[C@H](C1)OC(=O)N3c1ccc3c(n1)NC(=O)CS3)CC=C2. The van der Waals surface area contributed by atoms with Crippen LogP contribution in [0.1, 0.15) is 31.4 Å². The first-order chi connectivity index (χ1) is 18.1. The van der Waals surface area contributed by atoms with E-state index < -0.39 is 0 Å². The average Bonchev–Trinajstić information content (AvgIpc) is 3.25. The van der Waals surface area contributed by atoms with Crippen LogP contribution in [0, 0.1) is 0 Å². The van der Waals surface area contributed by atoms with E-state index in [9.17, 15) is 9.59 Å². The van der Waals surface area contributed by atoms with E-state index in [1.807, 2.05) is 18.2 Å². The Morgan fingerprint density at radius 3 is 3.11 bits per heavy atom. The molecule has 5 heterocycles. The smallest absolute Gasteiger partial charge is 0.416 e. The summed E-state index contributed by atoms with van der Waals surface area (Å²) < 4.78 is 11.1. The highest BCUT2D eigenvalue weighted by Crippen LogP contribution is 2.38. The molecule has 10 nitrogen and oxygen atoms in total. The molecule has 4 aliphatic rings. The number of carbonyl (C=O) groups excluding carboxylic acids is 2. The van der Waals surface area contributed by atoms with Gasteiger partial charge in [0.1, 0.15) is 23.5 Å². The van der Waals surface area contributed by atoms with Crippen molar-refractivity contribution in [2.75, 3.05) is 47.6 Å². The van der Waals surface area contributed by atoms with Crippen molar-refractivity contribution in [3.8, 4) is 5.75 Å². The summed E-state index contributed by atoms with van der Waals surface area (Å²) in [7, 11) is 1.66. The van der Waals surface area contributed by atoms with Gasteiger partial charge in [-0.05, 0) is 44.0 Å². The van der Waals surface area contributed by atoms with Crippen LogP contribution in [-0.2, 0) is 9.53 Å². The number of nitrogens with zero attached hydrogens (tertiary/aromatic N) is 4. The van der Waals surface area contributed by atoms with Gasteiger partial charge in [-0.2, -0.15) is 0 Å². The molecule has 1 saturated heterocycles. The summed E-state index contributed by atoms with van der Waals surface area (Å²) in [6, 6.07) is 6.07. The fraction of sp³-hybridized carbons (Fsp3) is 0.462. The highest BCUT2D eigenvalue weighted by atomic mass is 32.2. The Labute approximate surface area is 219 Å². The van der Waals surface area contributed by atoms with Gasteiger partial charge in [0.25, 0.3) is 0 Å². The molecule has 3 aliphatic heterocycles. The van der Waals surface area contributed by atoms with Gasteiger partial charge in [0.2, 0.25) is 5.91 Å². The zero-order valence-electron chi connectivity index (χ0n) is 20.7. The summed E-state index contributed by atoms with van der Waals surface area (Å²) in [6.45, 7) is 2.66. The number of carbonyl (C=O) groups is 2. The molecule has 6 rings (SSSR count). The van der Waals surface area contributed by atoms with E-state index in [2.05, 4.69) is 37.7 Å². The van der Waals surface area contributed by atoms with Gasteiger partial charge >= 0.3 is 6.09 Å².